The Morgan fingerprint density at radius 3 is 2.56 bits per heavy atom. The molecule has 3 rings (SSSR count). The summed E-state index contributed by atoms with van der Waals surface area (Å²) >= 11 is 5.10. The van der Waals surface area contributed by atoms with Gasteiger partial charge in [-0.2, -0.15) is 0 Å². The monoisotopic (exact) mass is 389 g/mol. The lowest BCUT2D eigenvalue weighted by atomic mass is 10.1. The molecule has 0 radical (unpaired) electrons. The van der Waals surface area contributed by atoms with Gasteiger partial charge in [0.1, 0.15) is 0 Å². The second-order valence-corrected chi connectivity index (χ2v) is 6.71. The summed E-state index contributed by atoms with van der Waals surface area (Å²) in [6.07, 6.45) is 0. The van der Waals surface area contributed by atoms with Gasteiger partial charge in [-0.3, -0.25) is 14.2 Å². The van der Waals surface area contributed by atoms with Gasteiger partial charge in [-0.25, -0.2) is 8.78 Å². The van der Waals surface area contributed by atoms with Crippen molar-refractivity contribution in [2.24, 2.45) is 7.05 Å². The van der Waals surface area contributed by atoms with E-state index in [0.717, 1.165) is 12.1 Å². The van der Waals surface area contributed by atoms with Gasteiger partial charge in [0.2, 0.25) is 0 Å². The lowest BCUT2D eigenvalue weighted by molar-refractivity contribution is 0.0742. The number of nitrogens with zero attached hydrogens (tertiary/aromatic N) is 2. The van der Waals surface area contributed by atoms with E-state index in [4.69, 9.17) is 12.2 Å². The molecular weight excluding hydrogens is 372 g/mol. The van der Waals surface area contributed by atoms with Crippen LogP contribution in [0.15, 0.2) is 41.2 Å². The first kappa shape index (κ1) is 18.9. The molecule has 27 heavy (non-hydrogen) atoms. The Labute approximate surface area is 158 Å². The molecule has 140 valence electrons. The fourth-order valence-corrected chi connectivity index (χ4v) is 3.01. The average molecular weight is 389 g/mol. The molecule has 1 atom stereocenters. The molecule has 8 heteroatoms. The summed E-state index contributed by atoms with van der Waals surface area (Å²) in [4.78, 5) is 29.4. The molecule has 1 heterocycles. The highest BCUT2D eigenvalue weighted by atomic mass is 32.1. The normalized spacial score (nSPS) is 12.2. The summed E-state index contributed by atoms with van der Waals surface area (Å²) in [6, 6.07) is 7.74. The van der Waals surface area contributed by atoms with Gasteiger partial charge in [0, 0.05) is 19.7 Å². The quantitative estimate of drug-likeness (QED) is 0.695. The number of amides is 1. The predicted octanol–water partition coefficient (Wildman–Crippen LogP) is 3.71. The van der Waals surface area contributed by atoms with Crippen molar-refractivity contribution < 1.29 is 13.6 Å². The highest BCUT2D eigenvalue weighted by Gasteiger charge is 2.20. The lowest BCUT2D eigenvalue weighted by Gasteiger charge is -2.25. The van der Waals surface area contributed by atoms with E-state index in [9.17, 15) is 18.4 Å². The number of aromatic amines is 1. The third kappa shape index (κ3) is 3.40. The molecule has 1 aromatic heterocycles. The number of H-pyrrole nitrogens is 1. The molecule has 0 aliphatic heterocycles. The Hall–Kier alpha value is -2.87. The van der Waals surface area contributed by atoms with Crippen LogP contribution in [0.2, 0.25) is 0 Å². The standard InChI is InChI=1S/C19H17F2N3O2S/c1-10(11-5-7-14(20)15(21)8-11)23(2)17(25)12-4-6-13-16(9-12)22-19(27)24(3)18(13)26/h4-10H,1-3H3,(H,22,27). The smallest absolute Gasteiger partial charge is 0.261 e. The van der Waals surface area contributed by atoms with Crippen LogP contribution in [0.25, 0.3) is 10.9 Å². The zero-order valence-corrected chi connectivity index (χ0v) is 15.7. The van der Waals surface area contributed by atoms with Crippen molar-refractivity contribution in [3.8, 4) is 0 Å². The minimum absolute atomic E-state index is 0.251. The van der Waals surface area contributed by atoms with Gasteiger partial charge in [-0.05, 0) is 55.0 Å². The average Bonchev–Trinajstić information content (AvgIpc) is 2.66. The molecule has 2 aromatic carbocycles. The molecule has 0 bridgehead atoms. The van der Waals surface area contributed by atoms with Gasteiger partial charge in [0.25, 0.3) is 11.5 Å². The molecule has 5 nitrogen and oxygen atoms in total. The Balaban J connectivity index is 1.96. The summed E-state index contributed by atoms with van der Waals surface area (Å²) in [7, 11) is 3.14. The van der Waals surface area contributed by atoms with Gasteiger partial charge in [-0.1, -0.05) is 6.07 Å². The van der Waals surface area contributed by atoms with E-state index in [0.29, 0.717) is 22.0 Å². The van der Waals surface area contributed by atoms with Crippen molar-refractivity contribution >= 4 is 29.0 Å². The number of rotatable bonds is 3. The zero-order valence-electron chi connectivity index (χ0n) is 14.9. The van der Waals surface area contributed by atoms with Crippen LogP contribution in [0.1, 0.15) is 28.9 Å². The molecule has 0 saturated carbocycles. The van der Waals surface area contributed by atoms with Crippen molar-refractivity contribution in [3.05, 3.63) is 74.3 Å². The summed E-state index contributed by atoms with van der Waals surface area (Å²) in [5.74, 6) is -2.23. The summed E-state index contributed by atoms with van der Waals surface area (Å²) in [6.45, 7) is 1.72. The third-order valence-electron chi connectivity index (χ3n) is 4.68. The predicted molar refractivity (Wildman–Crippen MR) is 101 cm³/mol. The van der Waals surface area contributed by atoms with E-state index in [1.165, 1.54) is 15.5 Å². The molecule has 0 aliphatic carbocycles. The molecule has 1 amide bonds. The van der Waals surface area contributed by atoms with Crippen LogP contribution < -0.4 is 5.56 Å². The van der Waals surface area contributed by atoms with Crippen LogP contribution in [0.4, 0.5) is 8.78 Å². The molecule has 1 unspecified atom stereocenters. The largest absolute Gasteiger partial charge is 0.335 e. The minimum Gasteiger partial charge on any atom is -0.335 e. The van der Waals surface area contributed by atoms with Gasteiger partial charge >= 0.3 is 0 Å². The maximum absolute atomic E-state index is 13.5. The molecule has 1 N–H and O–H groups in total. The first-order valence-electron chi connectivity index (χ1n) is 8.16. The molecular formula is C19H17F2N3O2S. The van der Waals surface area contributed by atoms with E-state index in [-0.39, 0.29) is 16.2 Å². The second kappa shape index (κ2) is 7.03. The Morgan fingerprint density at radius 2 is 1.89 bits per heavy atom. The Kier molecular flexibility index (Phi) is 4.93. The lowest BCUT2D eigenvalue weighted by Crippen LogP contribution is -2.30. The molecule has 0 spiro atoms. The SMILES string of the molecule is CC(c1ccc(F)c(F)c1)N(C)C(=O)c1ccc2c(=O)n(C)c(=S)[nH]c2c1. The van der Waals surface area contributed by atoms with Crippen LogP contribution in [0, 0.1) is 16.4 Å². The fourth-order valence-electron chi connectivity index (χ4n) is 2.81. The van der Waals surface area contributed by atoms with E-state index >= 15 is 0 Å². The third-order valence-corrected chi connectivity index (χ3v) is 5.05. The van der Waals surface area contributed by atoms with E-state index < -0.39 is 17.7 Å². The molecule has 0 fully saturated rings. The summed E-state index contributed by atoms with van der Waals surface area (Å²) < 4.78 is 28.2. The van der Waals surface area contributed by atoms with E-state index in [1.807, 2.05) is 0 Å². The first-order chi connectivity index (χ1) is 12.7. The number of carbonyl (C=O) groups is 1. The van der Waals surface area contributed by atoms with Crippen LogP contribution in [0.3, 0.4) is 0 Å². The van der Waals surface area contributed by atoms with Crippen LogP contribution in [-0.4, -0.2) is 27.4 Å². The van der Waals surface area contributed by atoms with Gasteiger partial charge in [-0.15, -0.1) is 0 Å². The highest BCUT2D eigenvalue weighted by molar-refractivity contribution is 7.71. The van der Waals surface area contributed by atoms with Crippen molar-refractivity contribution in [1.29, 1.82) is 0 Å². The van der Waals surface area contributed by atoms with Crippen molar-refractivity contribution in [2.45, 2.75) is 13.0 Å². The number of hydrogen-bond acceptors (Lipinski definition) is 3. The number of hydrogen-bond donors (Lipinski definition) is 1. The molecule has 0 saturated heterocycles. The van der Waals surface area contributed by atoms with Crippen molar-refractivity contribution in [3.63, 3.8) is 0 Å². The van der Waals surface area contributed by atoms with Crippen LogP contribution in [-0.2, 0) is 7.05 Å². The molecule has 3 aromatic rings. The topological polar surface area (TPSA) is 58.1 Å². The number of carbonyl (C=O) groups excluding carboxylic acids is 1. The van der Waals surface area contributed by atoms with Gasteiger partial charge in [0.05, 0.1) is 16.9 Å². The second-order valence-electron chi connectivity index (χ2n) is 6.32. The number of halogens is 2. The van der Waals surface area contributed by atoms with Crippen molar-refractivity contribution in [2.75, 3.05) is 7.05 Å². The maximum Gasteiger partial charge on any atom is 0.261 e. The Bertz CT molecular complexity index is 1170. The summed E-state index contributed by atoms with van der Waals surface area (Å²) in [5.41, 5.74) is 1.02. The molecule has 0 aliphatic rings. The number of nitrogens with one attached hydrogen (secondary N) is 1. The van der Waals surface area contributed by atoms with Crippen LogP contribution in [0.5, 0.6) is 0 Å². The Morgan fingerprint density at radius 1 is 1.19 bits per heavy atom. The fraction of sp³-hybridized carbons (Fsp3) is 0.211. The van der Waals surface area contributed by atoms with E-state index in [1.54, 1.807) is 39.2 Å². The minimum atomic E-state index is -0.964. The van der Waals surface area contributed by atoms with Gasteiger partial charge < -0.3 is 9.88 Å². The zero-order chi connectivity index (χ0) is 19.9. The van der Waals surface area contributed by atoms with Gasteiger partial charge in [0.15, 0.2) is 16.4 Å². The van der Waals surface area contributed by atoms with E-state index in [2.05, 4.69) is 4.98 Å². The maximum atomic E-state index is 13.5. The number of fused-ring (bicyclic) bond motifs is 1. The van der Waals surface area contributed by atoms with Crippen molar-refractivity contribution in [1.82, 2.24) is 14.5 Å². The number of aromatic nitrogens is 2. The highest BCUT2D eigenvalue weighted by Crippen LogP contribution is 2.23. The van der Waals surface area contributed by atoms with Crippen LogP contribution >= 0.6 is 12.2 Å². The summed E-state index contributed by atoms with van der Waals surface area (Å²) in [5, 5.41) is 0.416. The first-order valence-corrected chi connectivity index (χ1v) is 8.56. The number of benzene rings is 2.